The van der Waals surface area contributed by atoms with Gasteiger partial charge in [-0.25, -0.2) is 0 Å². The van der Waals surface area contributed by atoms with Gasteiger partial charge in [0.1, 0.15) is 0 Å². The van der Waals surface area contributed by atoms with Crippen LogP contribution in [0.15, 0.2) is 48.2 Å². The van der Waals surface area contributed by atoms with Crippen LogP contribution in [0.2, 0.25) is 0 Å². The number of allylic oxidation sites excluding steroid dienone is 2. The summed E-state index contributed by atoms with van der Waals surface area (Å²) in [6.07, 6.45) is 8.77. The number of ketones is 1. The highest BCUT2D eigenvalue weighted by molar-refractivity contribution is 5.99. The maximum absolute atomic E-state index is 12.3. The lowest BCUT2D eigenvalue weighted by atomic mass is 9.92. The molecule has 1 aromatic carbocycles. The second-order valence-electron chi connectivity index (χ2n) is 5.06. The Morgan fingerprint density at radius 3 is 2.89 bits per heavy atom. The SMILES string of the molecule is O=C(Cc1ccnc2ccccc12)C1=CCCCC1. The van der Waals surface area contributed by atoms with Crippen LogP contribution in [0.4, 0.5) is 0 Å². The predicted octanol–water partition coefficient (Wildman–Crippen LogP) is 3.85. The number of benzene rings is 1. The van der Waals surface area contributed by atoms with Crippen LogP contribution >= 0.6 is 0 Å². The lowest BCUT2D eigenvalue weighted by Gasteiger charge is -2.12. The Kier molecular flexibility index (Phi) is 3.41. The molecule has 0 unspecified atom stereocenters. The van der Waals surface area contributed by atoms with E-state index >= 15 is 0 Å². The fraction of sp³-hybridized carbons (Fsp3) is 0.294. The molecule has 2 aromatic rings. The highest BCUT2D eigenvalue weighted by Gasteiger charge is 2.14. The average molecular weight is 251 g/mol. The van der Waals surface area contributed by atoms with E-state index in [0.29, 0.717) is 6.42 Å². The van der Waals surface area contributed by atoms with E-state index < -0.39 is 0 Å². The van der Waals surface area contributed by atoms with E-state index in [9.17, 15) is 4.79 Å². The Morgan fingerprint density at radius 1 is 1.16 bits per heavy atom. The first-order chi connectivity index (χ1) is 9.34. The molecule has 1 aromatic heterocycles. The summed E-state index contributed by atoms with van der Waals surface area (Å²) in [5.41, 5.74) is 3.07. The van der Waals surface area contributed by atoms with Crippen LogP contribution < -0.4 is 0 Å². The molecule has 0 radical (unpaired) electrons. The zero-order valence-electron chi connectivity index (χ0n) is 10.9. The Hall–Kier alpha value is -1.96. The van der Waals surface area contributed by atoms with Crippen molar-refractivity contribution in [1.82, 2.24) is 4.98 Å². The minimum atomic E-state index is 0.274. The molecule has 1 aliphatic carbocycles. The maximum atomic E-state index is 12.3. The average Bonchev–Trinajstić information content (AvgIpc) is 2.48. The molecule has 1 heterocycles. The highest BCUT2D eigenvalue weighted by Crippen LogP contribution is 2.22. The number of carbonyl (C=O) groups is 1. The van der Waals surface area contributed by atoms with E-state index in [-0.39, 0.29) is 5.78 Å². The summed E-state index contributed by atoms with van der Waals surface area (Å²) in [4.78, 5) is 16.7. The van der Waals surface area contributed by atoms with Crippen molar-refractivity contribution >= 4 is 16.7 Å². The monoisotopic (exact) mass is 251 g/mol. The molecule has 0 saturated heterocycles. The van der Waals surface area contributed by atoms with Crippen molar-refractivity contribution in [3.8, 4) is 0 Å². The lowest BCUT2D eigenvalue weighted by molar-refractivity contribution is -0.115. The van der Waals surface area contributed by atoms with Crippen LogP contribution in [0.1, 0.15) is 31.2 Å². The quantitative estimate of drug-likeness (QED) is 0.829. The molecule has 0 amide bonds. The highest BCUT2D eigenvalue weighted by atomic mass is 16.1. The van der Waals surface area contributed by atoms with Gasteiger partial charge in [0.05, 0.1) is 5.52 Å². The Labute approximate surface area is 113 Å². The standard InChI is InChI=1S/C17H17NO/c19-17(13-6-2-1-3-7-13)12-14-10-11-18-16-9-5-4-8-15(14)16/h4-6,8-11H,1-3,7,12H2. The second kappa shape index (κ2) is 5.35. The number of para-hydroxylation sites is 1. The number of Topliss-reactive ketones (excluding diaryl/α,β-unsaturated/α-hetero) is 1. The summed E-state index contributed by atoms with van der Waals surface area (Å²) in [5.74, 6) is 0.274. The fourth-order valence-electron chi connectivity index (χ4n) is 2.69. The largest absolute Gasteiger partial charge is 0.294 e. The summed E-state index contributed by atoms with van der Waals surface area (Å²) in [5, 5.41) is 1.09. The van der Waals surface area contributed by atoms with Gasteiger partial charge in [-0.15, -0.1) is 0 Å². The van der Waals surface area contributed by atoms with Crippen molar-refractivity contribution in [3.63, 3.8) is 0 Å². The van der Waals surface area contributed by atoms with E-state index in [1.807, 2.05) is 30.3 Å². The number of pyridine rings is 1. The van der Waals surface area contributed by atoms with Gasteiger partial charge >= 0.3 is 0 Å². The molecule has 3 rings (SSSR count). The minimum absolute atomic E-state index is 0.274. The van der Waals surface area contributed by atoms with Gasteiger partial charge in [0.2, 0.25) is 0 Å². The third-order valence-electron chi connectivity index (χ3n) is 3.74. The number of aromatic nitrogens is 1. The van der Waals surface area contributed by atoms with Gasteiger partial charge in [-0.1, -0.05) is 24.3 Å². The van der Waals surface area contributed by atoms with Crippen molar-refractivity contribution in [2.45, 2.75) is 32.1 Å². The zero-order chi connectivity index (χ0) is 13.1. The molecule has 0 N–H and O–H groups in total. The minimum Gasteiger partial charge on any atom is -0.294 e. The number of rotatable bonds is 3. The number of fused-ring (bicyclic) bond motifs is 1. The summed E-state index contributed by atoms with van der Waals surface area (Å²) < 4.78 is 0. The summed E-state index contributed by atoms with van der Waals surface area (Å²) in [6.45, 7) is 0. The van der Waals surface area contributed by atoms with Crippen LogP contribution in [-0.2, 0) is 11.2 Å². The molecule has 1 aliphatic rings. The Bertz CT molecular complexity index is 637. The molecule has 0 bridgehead atoms. The van der Waals surface area contributed by atoms with Crippen molar-refractivity contribution < 1.29 is 4.79 Å². The Balaban J connectivity index is 1.89. The summed E-state index contributed by atoms with van der Waals surface area (Å²) in [6, 6.07) is 9.97. The van der Waals surface area contributed by atoms with Gasteiger partial charge in [-0.3, -0.25) is 9.78 Å². The third-order valence-corrected chi connectivity index (χ3v) is 3.74. The van der Waals surface area contributed by atoms with Gasteiger partial charge in [0.15, 0.2) is 5.78 Å². The molecule has 0 atom stereocenters. The molecular weight excluding hydrogens is 234 g/mol. The molecule has 0 aliphatic heterocycles. The maximum Gasteiger partial charge on any atom is 0.162 e. The molecule has 96 valence electrons. The molecule has 19 heavy (non-hydrogen) atoms. The molecular formula is C17H17NO. The van der Waals surface area contributed by atoms with Crippen LogP contribution in [0.3, 0.4) is 0 Å². The van der Waals surface area contributed by atoms with Crippen molar-refractivity contribution in [3.05, 3.63) is 53.7 Å². The third kappa shape index (κ3) is 2.58. The van der Waals surface area contributed by atoms with Gasteiger partial charge in [0, 0.05) is 18.0 Å². The van der Waals surface area contributed by atoms with Gasteiger partial charge < -0.3 is 0 Å². The van der Waals surface area contributed by atoms with Crippen LogP contribution in [-0.4, -0.2) is 10.8 Å². The molecule has 0 spiro atoms. The van der Waals surface area contributed by atoms with Gasteiger partial charge in [-0.05, 0) is 49.0 Å². The number of hydrogen-bond acceptors (Lipinski definition) is 2. The first kappa shape index (κ1) is 12.1. The first-order valence-corrected chi connectivity index (χ1v) is 6.89. The summed E-state index contributed by atoms with van der Waals surface area (Å²) in [7, 11) is 0. The van der Waals surface area contributed by atoms with E-state index in [0.717, 1.165) is 41.3 Å². The van der Waals surface area contributed by atoms with E-state index in [4.69, 9.17) is 0 Å². The van der Waals surface area contributed by atoms with Crippen LogP contribution in [0.25, 0.3) is 10.9 Å². The molecule has 0 saturated carbocycles. The topological polar surface area (TPSA) is 30.0 Å². The molecule has 2 heteroatoms. The van der Waals surface area contributed by atoms with Crippen molar-refractivity contribution in [2.24, 2.45) is 0 Å². The van der Waals surface area contributed by atoms with Crippen LogP contribution in [0, 0.1) is 0 Å². The van der Waals surface area contributed by atoms with Crippen molar-refractivity contribution in [2.75, 3.05) is 0 Å². The predicted molar refractivity (Wildman–Crippen MR) is 77.0 cm³/mol. The fourth-order valence-corrected chi connectivity index (χ4v) is 2.69. The first-order valence-electron chi connectivity index (χ1n) is 6.89. The van der Waals surface area contributed by atoms with Gasteiger partial charge in [0.25, 0.3) is 0 Å². The van der Waals surface area contributed by atoms with E-state index in [1.165, 1.54) is 6.42 Å². The van der Waals surface area contributed by atoms with E-state index in [1.54, 1.807) is 6.20 Å². The lowest BCUT2D eigenvalue weighted by Crippen LogP contribution is -2.09. The second-order valence-corrected chi connectivity index (χ2v) is 5.06. The Morgan fingerprint density at radius 2 is 2.05 bits per heavy atom. The smallest absolute Gasteiger partial charge is 0.162 e. The molecule has 0 fully saturated rings. The normalized spacial score (nSPS) is 15.3. The molecule has 2 nitrogen and oxygen atoms in total. The summed E-state index contributed by atoms with van der Waals surface area (Å²) >= 11 is 0. The van der Waals surface area contributed by atoms with Crippen LogP contribution in [0.5, 0.6) is 0 Å². The number of hydrogen-bond donors (Lipinski definition) is 0. The zero-order valence-corrected chi connectivity index (χ0v) is 10.9. The number of nitrogens with zero attached hydrogens (tertiary/aromatic N) is 1. The number of carbonyl (C=O) groups excluding carboxylic acids is 1. The van der Waals surface area contributed by atoms with Gasteiger partial charge in [-0.2, -0.15) is 0 Å². The van der Waals surface area contributed by atoms with E-state index in [2.05, 4.69) is 11.1 Å². The van der Waals surface area contributed by atoms with Crippen molar-refractivity contribution in [1.29, 1.82) is 0 Å².